The molecule has 6 nitrogen and oxygen atoms in total. The van der Waals surface area contributed by atoms with Crippen LogP contribution in [-0.2, 0) is 9.47 Å². The lowest BCUT2D eigenvalue weighted by Crippen LogP contribution is -2.52. The maximum Gasteiger partial charge on any atom is 0.253 e. The van der Waals surface area contributed by atoms with Crippen LogP contribution in [0.4, 0.5) is 4.39 Å². The van der Waals surface area contributed by atoms with Crippen LogP contribution in [0, 0.1) is 0 Å². The van der Waals surface area contributed by atoms with Crippen LogP contribution in [0.1, 0.15) is 68.5 Å². The molecular formula is C29H38FNO5. The van der Waals surface area contributed by atoms with Crippen LogP contribution in [-0.4, -0.2) is 61.6 Å². The summed E-state index contributed by atoms with van der Waals surface area (Å²) in [6.07, 6.45) is 3.34. The zero-order valence-electron chi connectivity index (χ0n) is 21.8. The number of likely N-dealkylation sites (tertiary alicyclic amines) is 1. The van der Waals surface area contributed by atoms with E-state index in [1.165, 1.54) is 26.5 Å². The number of carbonyl (C=O) groups excluding carboxylic acids is 1. The Hall–Kier alpha value is -2.64. The fourth-order valence-corrected chi connectivity index (χ4v) is 5.16. The van der Waals surface area contributed by atoms with Crippen LogP contribution in [0.25, 0.3) is 0 Å². The van der Waals surface area contributed by atoms with Gasteiger partial charge in [0.2, 0.25) is 0 Å². The third-order valence-electron chi connectivity index (χ3n) is 6.99. The number of halogens is 1. The van der Waals surface area contributed by atoms with Gasteiger partial charge in [0.05, 0.1) is 24.9 Å². The van der Waals surface area contributed by atoms with Crippen molar-refractivity contribution >= 4 is 5.91 Å². The number of nitrogens with zero attached hydrogens (tertiary/aromatic N) is 1. The molecule has 2 unspecified atom stereocenters. The molecule has 2 aliphatic heterocycles. The summed E-state index contributed by atoms with van der Waals surface area (Å²) in [5.74, 6) is 0.777. The minimum Gasteiger partial charge on any atom is -0.493 e. The second-order valence-electron chi connectivity index (χ2n) is 10.4. The Labute approximate surface area is 213 Å². The Morgan fingerprint density at radius 3 is 2.50 bits per heavy atom. The fraction of sp³-hybridized carbons (Fsp3) is 0.552. The number of methoxy groups -OCH3 is 1. The molecule has 196 valence electrons. The van der Waals surface area contributed by atoms with Gasteiger partial charge in [0, 0.05) is 38.1 Å². The number of carbonyl (C=O) groups is 1. The van der Waals surface area contributed by atoms with Gasteiger partial charge in [0.15, 0.2) is 11.5 Å². The van der Waals surface area contributed by atoms with Crippen molar-refractivity contribution in [1.29, 1.82) is 0 Å². The Morgan fingerprint density at radius 1 is 1.14 bits per heavy atom. The Bertz CT molecular complexity index is 1010. The minimum atomic E-state index is -1.47. The summed E-state index contributed by atoms with van der Waals surface area (Å²) in [6, 6.07) is 15.4. The summed E-state index contributed by atoms with van der Waals surface area (Å²) in [4.78, 5) is 15.2. The molecule has 0 aromatic heterocycles. The van der Waals surface area contributed by atoms with Crippen LogP contribution < -0.4 is 9.47 Å². The van der Waals surface area contributed by atoms with E-state index in [2.05, 4.69) is 12.1 Å². The number of alkyl halides is 1. The molecule has 0 radical (unpaired) electrons. The summed E-state index contributed by atoms with van der Waals surface area (Å²) in [7, 11) is 1.51. The highest BCUT2D eigenvalue weighted by atomic mass is 19.1. The summed E-state index contributed by atoms with van der Waals surface area (Å²) in [5, 5.41) is 0. The molecule has 2 atom stereocenters. The van der Waals surface area contributed by atoms with Crippen molar-refractivity contribution in [2.45, 2.75) is 69.9 Å². The third kappa shape index (κ3) is 6.37. The van der Waals surface area contributed by atoms with E-state index in [9.17, 15) is 9.18 Å². The first kappa shape index (κ1) is 26.4. The summed E-state index contributed by atoms with van der Waals surface area (Å²) in [5.41, 5.74) is -0.0753. The van der Waals surface area contributed by atoms with Gasteiger partial charge in [0.25, 0.3) is 5.91 Å². The van der Waals surface area contributed by atoms with E-state index in [4.69, 9.17) is 18.9 Å². The molecule has 0 N–H and O–H groups in total. The van der Waals surface area contributed by atoms with Crippen molar-refractivity contribution in [2.24, 2.45) is 0 Å². The molecule has 2 saturated heterocycles. The van der Waals surface area contributed by atoms with E-state index in [0.29, 0.717) is 36.8 Å². The zero-order chi connectivity index (χ0) is 25.8. The van der Waals surface area contributed by atoms with Gasteiger partial charge in [-0.25, -0.2) is 4.39 Å². The van der Waals surface area contributed by atoms with Crippen molar-refractivity contribution in [3.05, 3.63) is 59.7 Å². The highest BCUT2D eigenvalue weighted by Crippen LogP contribution is 2.44. The quantitative estimate of drug-likeness (QED) is 0.463. The average molecular weight is 500 g/mol. The molecule has 2 aromatic rings. The smallest absolute Gasteiger partial charge is 0.253 e. The van der Waals surface area contributed by atoms with Gasteiger partial charge < -0.3 is 23.8 Å². The van der Waals surface area contributed by atoms with Crippen molar-refractivity contribution < 1.29 is 28.1 Å². The number of hydrogen-bond donors (Lipinski definition) is 0. The van der Waals surface area contributed by atoms with Gasteiger partial charge in [-0.3, -0.25) is 4.79 Å². The first-order valence-electron chi connectivity index (χ1n) is 12.9. The van der Waals surface area contributed by atoms with Crippen LogP contribution in [0.2, 0.25) is 0 Å². The SMILES string of the molecule is CCOC1CC(c2ccccc2)OC2(CCN(C(=O)c3ccc(OCC(C)(C)F)c(OC)c3)CC2)C1. The molecule has 2 aliphatic rings. The maximum atomic E-state index is 13.9. The molecule has 4 rings (SSSR count). The lowest BCUT2D eigenvalue weighted by Gasteiger charge is -2.48. The second kappa shape index (κ2) is 11.2. The maximum absolute atomic E-state index is 13.9. The molecule has 1 spiro atoms. The number of benzene rings is 2. The normalized spacial score (nSPS) is 21.9. The van der Waals surface area contributed by atoms with Gasteiger partial charge >= 0.3 is 0 Å². The molecular weight excluding hydrogens is 461 g/mol. The van der Waals surface area contributed by atoms with E-state index >= 15 is 0 Å². The molecule has 0 bridgehead atoms. The fourth-order valence-electron chi connectivity index (χ4n) is 5.16. The van der Waals surface area contributed by atoms with Gasteiger partial charge in [-0.15, -0.1) is 0 Å². The van der Waals surface area contributed by atoms with Crippen LogP contribution in [0.3, 0.4) is 0 Å². The molecule has 0 saturated carbocycles. The number of rotatable bonds is 8. The standard InChI is InChI=1S/C29H38FNO5/c1-5-34-23-18-25(21-9-7-6-8-10-21)36-29(19-23)13-15-31(16-14-29)27(32)22-11-12-24(26(17-22)33-4)35-20-28(2,3)30/h6-12,17,23,25H,5,13-16,18-20H2,1-4H3. The Morgan fingerprint density at radius 2 is 1.86 bits per heavy atom. The van der Waals surface area contributed by atoms with Crippen molar-refractivity contribution in [1.82, 2.24) is 4.90 Å². The number of piperidine rings is 1. The predicted molar refractivity (Wildman–Crippen MR) is 136 cm³/mol. The second-order valence-corrected chi connectivity index (χ2v) is 10.4. The van der Waals surface area contributed by atoms with Crippen LogP contribution >= 0.6 is 0 Å². The Kier molecular flexibility index (Phi) is 8.20. The Balaban J connectivity index is 1.43. The topological polar surface area (TPSA) is 57.2 Å². The van der Waals surface area contributed by atoms with E-state index in [1.807, 2.05) is 30.0 Å². The zero-order valence-corrected chi connectivity index (χ0v) is 21.8. The number of hydrogen-bond acceptors (Lipinski definition) is 5. The molecule has 7 heteroatoms. The van der Waals surface area contributed by atoms with Crippen molar-refractivity contribution in [3.63, 3.8) is 0 Å². The van der Waals surface area contributed by atoms with E-state index < -0.39 is 5.67 Å². The van der Waals surface area contributed by atoms with Gasteiger partial charge in [-0.2, -0.15) is 0 Å². The molecule has 2 aromatic carbocycles. The lowest BCUT2D eigenvalue weighted by molar-refractivity contribution is -0.190. The molecule has 2 heterocycles. The van der Waals surface area contributed by atoms with Gasteiger partial charge in [0.1, 0.15) is 12.3 Å². The highest BCUT2D eigenvalue weighted by molar-refractivity contribution is 5.95. The van der Waals surface area contributed by atoms with Crippen molar-refractivity contribution in [2.75, 3.05) is 33.4 Å². The lowest BCUT2D eigenvalue weighted by atomic mass is 9.80. The average Bonchev–Trinajstić information content (AvgIpc) is 2.87. The highest BCUT2D eigenvalue weighted by Gasteiger charge is 2.45. The largest absolute Gasteiger partial charge is 0.493 e. The minimum absolute atomic E-state index is 0.00939. The number of amides is 1. The van der Waals surface area contributed by atoms with Gasteiger partial charge in [-0.1, -0.05) is 30.3 Å². The first-order chi connectivity index (χ1) is 17.2. The first-order valence-corrected chi connectivity index (χ1v) is 12.9. The summed E-state index contributed by atoms with van der Waals surface area (Å²) >= 11 is 0. The summed E-state index contributed by atoms with van der Waals surface area (Å²) in [6.45, 7) is 6.73. The predicted octanol–water partition coefficient (Wildman–Crippen LogP) is 5.75. The number of ether oxygens (including phenoxy) is 4. The van der Waals surface area contributed by atoms with E-state index in [-0.39, 0.29) is 30.3 Å². The summed E-state index contributed by atoms with van der Waals surface area (Å²) < 4.78 is 37.6. The van der Waals surface area contributed by atoms with E-state index in [0.717, 1.165) is 25.7 Å². The van der Waals surface area contributed by atoms with Gasteiger partial charge in [-0.05, 0) is 57.4 Å². The molecule has 36 heavy (non-hydrogen) atoms. The van der Waals surface area contributed by atoms with E-state index in [1.54, 1.807) is 18.2 Å². The third-order valence-corrected chi connectivity index (χ3v) is 6.99. The van der Waals surface area contributed by atoms with Crippen LogP contribution in [0.5, 0.6) is 11.5 Å². The monoisotopic (exact) mass is 499 g/mol. The molecule has 1 amide bonds. The molecule has 0 aliphatic carbocycles. The van der Waals surface area contributed by atoms with Crippen LogP contribution in [0.15, 0.2) is 48.5 Å². The molecule has 2 fully saturated rings. The van der Waals surface area contributed by atoms with Crippen molar-refractivity contribution in [3.8, 4) is 11.5 Å².